The van der Waals surface area contributed by atoms with Gasteiger partial charge in [0.1, 0.15) is 5.69 Å². The van der Waals surface area contributed by atoms with Gasteiger partial charge in [0.2, 0.25) is 0 Å². The predicted molar refractivity (Wildman–Crippen MR) is 74.9 cm³/mol. The quantitative estimate of drug-likeness (QED) is 0.660. The molecule has 0 aliphatic rings. The van der Waals surface area contributed by atoms with Crippen LogP contribution < -0.4 is 5.32 Å². The van der Waals surface area contributed by atoms with E-state index in [0.717, 1.165) is 12.1 Å². The molecule has 0 bridgehead atoms. The standard InChI is InChI=1S/C12H9N3O5S/c1-6-13-10(5-21-6)11(16)14-9-3-2-7(15(19)20)4-8(9)12(17)18/h2-5H,1H3,(H,14,16)(H,17,18). The molecule has 2 aromatic rings. The van der Waals surface area contributed by atoms with Crippen molar-refractivity contribution in [3.63, 3.8) is 0 Å². The topological polar surface area (TPSA) is 122 Å². The second kappa shape index (κ2) is 5.67. The lowest BCUT2D eigenvalue weighted by Crippen LogP contribution is -2.15. The molecule has 0 fully saturated rings. The Kier molecular flexibility index (Phi) is 3.94. The van der Waals surface area contributed by atoms with Crippen molar-refractivity contribution in [1.82, 2.24) is 4.98 Å². The van der Waals surface area contributed by atoms with Gasteiger partial charge >= 0.3 is 5.97 Å². The summed E-state index contributed by atoms with van der Waals surface area (Å²) < 4.78 is 0. The molecule has 0 aliphatic carbocycles. The maximum absolute atomic E-state index is 11.9. The summed E-state index contributed by atoms with van der Waals surface area (Å²) in [7, 11) is 0. The molecule has 0 aliphatic heterocycles. The molecule has 2 rings (SSSR count). The molecule has 9 heteroatoms. The summed E-state index contributed by atoms with van der Waals surface area (Å²) in [6.45, 7) is 1.73. The van der Waals surface area contributed by atoms with Crippen LogP contribution in [0.15, 0.2) is 23.6 Å². The van der Waals surface area contributed by atoms with Crippen LogP contribution in [0.3, 0.4) is 0 Å². The summed E-state index contributed by atoms with van der Waals surface area (Å²) in [5.74, 6) is -1.95. The number of carboxylic acid groups (broad SMARTS) is 1. The minimum absolute atomic E-state index is 0.0243. The Morgan fingerprint density at radius 2 is 2.14 bits per heavy atom. The molecule has 0 spiro atoms. The van der Waals surface area contributed by atoms with Gasteiger partial charge in [-0.25, -0.2) is 9.78 Å². The van der Waals surface area contributed by atoms with E-state index < -0.39 is 16.8 Å². The molecule has 1 aromatic carbocycles. The van der Waals surface area contributed by atoms with Crippen LogP contribution in [-0.4, -0.2) is 26.9 Å². The van der Waals surface area contributed by atoms with Gasteiger partial charge in [0, 0.05) is 17.5 Å². The third-order valence-electron chi connectivity index (χ3n) is 2.54. The van der Waals surface area contributed by atoms with E-state index in [4.69, 9.17) is 5.11 Å². The van der Waals surface area contributed by atoms with Crippen molar-refractivity contribution >= 4 is 34.6 Å². The average molecular weight is 307 g/mol. The van der Waals surface area contributed by atoms with Crippen molar-refractivity contribution in [2.24, 2.45) is 0 Å². The van der Waals surface area contributed by atoms with E-state index in [-0.39, 0.29) is 22.6 Å². The highest BCUT2D eigenvalue weighted by atomic mass is 32.1. The average Bonchev–Trinajstić information content (AvgIpc) is 2.85. The Balaban J connectivity index is 2.33. The van der Waals surface area contributed by atoms with Crippen molar-refractivity contribution in [2.45, 2.75) is 6.92 Å². The van der Waals surface area contributed by atoms with Gasteiger partial charge < -0.3 is 10.4 Å². The summed E-state index contributed by atoms with van der Waals surface area (Å²) in [4.78, 5) is 37.0. The van der Waals surface area contributed by atoms with E-state index in [2.05, 4.69) is 10.3 Å². The lowest BCUT2D eigenvalue weighted by atomic mass is 10.1. The van der Waals surface area contributed by atoms with Gasteiger partial charge in [-0.1, -0.05) is 0 Å². The van der Waals surface area contributed by atoms with Crippen LogP contribution in [0.5, 0.6) is 0 Å². The highest BCUT2D eigenvalue weighted by Crippen LogP contribution is 2.23. The minimum atomic E-state index is -1.37. The lowest BCUT2D eigenvalue weighted by Gasteiger charge is -2.07. The van der Waals surface area contributed by atoms with E-state index in [1.807, 2.05) is 0 Å². The zero-order chi connectivity index (χ0) is 15.6. The normalized spacial score (nSPS) is 10.1. The number of nitrogens with one attached hydrogen (secondary N) is 1. The third kappa shape index (κ3) is 3.20. The molecule has 2 N–H and O–H groups in total. The number of non-ortho nitro benzene ring substituents is 1. The van der Waals surface area contributed by atoms with Crippen molar-refractivity contribution in [2.75, 3.05) is 5.32 Å². The molecule has 0 atom stereocenters. The summed E-state index contributed by atoms with van der Waals surface area (Å²) in [6, 6.07) is 3.19. The van der Waals surface area contributed by atoms with Crippen molar-refractivity contribution in [3.8, 4) is 0 Å². The maximum atomic E-state index is 11.9. The molecule has 1 heterocycles. The van der Waals surface area contributed by atoms with E-state index in [1.165, 1.54) is 22.8 Å². The number of carboxylic acids is 1. The number of amides is 1. The van der Waals surface area contributed by atoms with Crippen LogP contribution in [0, 0.1) is 17.0 Å². The number of aromatic carboxylic acids is 1. The number of aryl methyl sites for hydroxylation is 1. The van der Waals surface area contributed by atoms with Crippen LogP contribution in [0.4, 0.5) is 11.4 Å². The fourth-order valence-corrected chi connectivity index (χ4v) is 2.18. The molecule has 0 saturated heterocycles. The molecule has 8 nitrogen and oxygen atoms in total. The Bertz CT molecular complexity index is 740. The predicted octanol–water partition coefficient (Wildman–Crippen LogP) is 2.31. The van der Waals surface area contributed by atoms with Gasteiger partial charge in [0.15, 0.2) is 0 Å². The van der Waals surface area contributed by atoms with E-state index in [1.54, 1.807) is 6.92 Å². The van der Waals surface area contributed by atoms with Crippen LogP contribution in [0.2, 0.25) is 0 Å². The van der Waals surface area contributed by atoms with Crippen molar-refractivity contribution < 1.29 is 19.6 Å². The van der Waals surface area contributed by atoms with Crippen LogP contribution in [-0.2, 0) is 0 Å². The number of carbonyl (C=O) groups excluding carboxylic acids is 1. The van der Waals surface area contributed by atoms with Crippen molar-refractivity contribution in [3.05, 3.63) is 50.0 Å². The lowest BCUT2D eigenvalue weighted by molar-refractivity contribution is -0.384. The first kappa shape index (κ1) is 14.6. The Morgan fingerprint density at radius 1 is 1.43 bits per heavy atom. The minimum Gasteiger partial charge on any atom is -0.478 e. The van der Waals surface area contributed by atoms with E-state index in [0.29, 0.717) is 5.01 Å². The summed E-state index contributed by atoms with van der Waals surface area (Å²) in [5.41, 5.74) is -0.588. The maximum Gasteiger partial charge on any atom is 0.338 e. The van der Waals surface area contributed by atoms with Gasteiger partial charge in [-0.15, -0.1) is 11.3 Å². The number of carbonyl (C=O) groups is 2. The highest BCUT2D eigenvalue weighted by Gasteiger charge is 2.18. The Morgan fingerprint density at radius 3 is 2.67 bits per heavy atom. The smallest absolute Gasteiger partial charge is 0.338 e. The van der Waals surface area contributed by atoms with Gasteiger partial charge in [0.25, 0.3) is 11.6 Å². The van der Waals surface area contributed by atoms with Gasteiger partial charge in [-0.3, -0.25) is 14.9 Å². The van der Waals surface area contributed by atoms with Gasteiger partial charge in [0.05, 0.1) is 21.2 Å². The molecule has 108 valence electrons. The molecular formula is C12H9N3O5S. The van der Waals surface area contributed by atoms with Crippen LogP contribution in [0.1, 0.15) is 25.9 Å². The first-order chi connectivity index (χ1) is 9.88. The zero-order valence-corrected chi connectivity index (χ0v) is 11.5. The third-order valence-corrected chi connectivity index (χ3v) is 3.32. The SMILES string of the molecule is Cc1nc(C(=O)Nc2ccc([N+](=O)[O-])cc2C(=O)O)cs1. The zero-order valence-electron chi connectivity index (χ0n) is 10.7. The van der Waals surface area contributed by atoms with Crippen LogP contribution in [0.25, 0.3) is 0 Å². The molecule has 21 heavy (non-hydrogen) atoms. The number of anilines is 1. The summed E-state index contributed by atoms with van der Waals surface area (Å²) in [5, 5.41) is 24.3. The number of nitrogens with zero attached hydrogens (tertiary/aromatic N) is 2. The number of hydrogen-bond donors (Lipinski definition) is 2. The summed E-state index contributed by atoms with van der Waals surface area (Å²) in [6.07, 6.45) is 0. The highest BCUT2D eigenvalue weighted by molar-refractivity contribution is 7.09. The number of thiazole rings is 1. The molecule has 0 radical (unpaired) electrons. The first-order valence-corrected chi connectivity index (χ1v) is 6.51. The number of nitro groups is 1. The Hall–Kier alpha value is -2.81. The number of aromatic nitrogens is 1. The monoisotopic (exact) mass is 307 g/mol. The van der Waals surface area contributed by atoms with Crippen molar-refractivity contribution in [1.29, 1.82) is 0 Å². The van der Waals surface area contributed by atoms with Gasteiger partial charge in [-0.2, -0.15) is 0 Å². The second-order valence-corrected chi connectivity index (χ2v) is 5.06. The second-order valence-electron chi connectivity index (χ2n) is 4.00. The van der Waals surface area contributed by atoms with E-state index >= 15 is 0 Å². The first-order valence-electron chi connectivity index (χ1n) is 5.63. The number of nitro benzene ring substituents is 1. The van der Waals surface area contributed by atoms with Crippen LogP contribution >= 0.6 is 11.3 Å². The number of hydrogen-bond acceptors (Lipinski definition) is 6. The molecular weight excluding hydrogens is 298 g/mol. The van der Waals surface area contributed by atoms with E-state index in [9.17, 15) is 19.7 Å². The fraction of sp³-hybridized carbons (Fsp3) is 0.0833. The molecule has 0 unspecified atom stereocenters. The number of rotatable bonds is 4. The largest absolute Gasteiger partial charge is 0.478 e. The molecule has 1 amide bonds. The summed E-state index contributed by atoms with van der Waals surface area (Å²) >= 11 is 1.28. The van der Waals surface area contributed by atoms with Gasteiger partial charge in [-0.05, 0) is 13.0 Å². The molecule has 1 aromatic heterocycles. The Labute approximate surface area is 122 Å². The number of benzene rings is 1. The molecule has 0 saturated carbocycles. The fourth-order valence-electron chi connectivity index (χ4n) is 1.59.